The topological polar surface area (TPSA) is 98.5 Å². The van der Waals surface area contributed by atoms with Crippen LogP contribution in [-0.4, -0.2) is 26.0 Å². The lowest BCUT2D eigenvalue weighted by molar-refractivity contribution is -0.384. The van der Waals surface area contributed by atoms with Gasteiger partial charge in [-0.3, -0.25) is 10.1 Å². The molecule has 0 fully saturated rings. The van der Waals surface area contributed by atoms with E-state index in [0.717, 1.165) is 17.7 Å². The first-order valence-electron chi connectivity index (χ1n) is 9.09. The SMILES string of the molecule is O=[N+]([O-])c1ccc(S(=O)(=O)N[C@@H]2COc3ccc(F)cc3[C@H]2c2ccccc2)cc1. The molecule has 30 heavy (non-hydrogen) atoms. The van der Waals surface area contributed by atoms with Crippen molar-refractivity contribution in [3.63, 3.8) is 0 Å². The Morgan fingerprint density at radius 1 is 1.03 bits per heavy atom. The zero-order valence-electron chi connectivity index (χ0n) is 15.6. The largest absolute Gasteiger partial charge is 0.492 e. The molecule has 2 atom stereocenters. The normalized spacial score (nSPS) is 18.3. The quantitative estimate of drug-likeness (QED) is 0.495. The fraction of sp³-hybridized carbons (Fsp3) is 0.143. The number of nitrogens with zero attached hydrogens (tertiary/aromatic N) is 1. The highest BCUT2D eigenvalue weighted by atomic mass is 32.2. The zero-order chi connectivity index (χ0) is 21.3. The molecule has 0 saturated carbocycles. The van der Waals surface area contributed by atoms with Crippen molar-refractivity contribution in [3.05, 3.63) is 99.9 Å². The predicted molar refractivity (Wildman–Crippen MR) is 107 cm³/mol. The van der Waals surface area contributed by atoms with Crippen LogP contribution in [0, 0.1) is 15.9 Å². The number of nitro benzene ring substituents is 1. The highest BCUT2D eigenvalue weighted by molar-refractivity contribution is 7.89. The molecule has 0 radical (unpaired) electrons. The fourth-order valence-corrected chi connectivity index (χ4v) is 4.81. The Bertz CT molecular complexity index is 1180. The van der Waals surface area contributed by atoms with Crippen molar-refractivity contribution >= 4 is 15.7 Å². The average Bonchev–Trinajstić information content (AvgIpc) is 2.74. The van der Waals surface area contributed by atoms with Crippen molar-refractivity contribution in [2.75, 3.05) is 6.61 Å². The Balaban J connectivity index is 1.71. The van der Waals surface area contributed by atoms with Gasteiger partial charge in [-0.2, -0.15) is 0 Å². The van der Waals surface area contributed by atoms with Crippen LogP contribution < -0.4 is 9.46 Å². The second kappa shape index (κ2) is 7.85. The van der Waals surface area contributed by atoms with Gasteiger partial charge in [-0.15, -0.1) is 0 Å². The number of hydrogen-bond acceptors (Lipinski definition) is 5. The van der Waals surface area contributed by atoms with Crippen LogP contribution in [0.4, 0.5) is 10.1 Å². The Labute approximate surface area is 172 Å². The summed E-state index contributed by atoms with van der Waals surface area (Å²) in [6.45, 7) is 0.0460. The van der Waals surface area contributed by atoms with Gasteiger partial charge in [-0.25, -0.2) is 17.5 Å². The summed E-state index contributed by atoms with van der Waals surface area (Å²) in [6.07, 6.45) is 0. The summed E-state index contributed by atoms with van der Waals surface area (Å²) < 4.78 is 48.1. The van der Waals surface area contributed by atoms with E-state index in [2.05, 4.69) is 4.72 Å². The molecule has 4 rings (SSSR count). The summed E-state index contributed by atoms with van der Waals surface area (Å²) in [5.41, 5.74) is 1.15. The first-order valence-corrected chi connectivity index (χ1v) is 10.6. The molecule has 0 saturated heterocycles. The maximum absolute atomic E-state index is 14.0. The number of hydrogen-bond donors (Lipinski definition) is 1. The molecule has 0 spiro atoms. The van der Waals surface area contributed by atoms with Gasteiger partial charge in [0, 0.05) is 23.6 Å². The zero-order valence-corrected chi connectivity index (χ0v) is 16.4. The van der Waals surface area contributed by atoms with Crippen molar-refractivity contribution in [2.45, 2.75) is 16.9 Å². The molecule has 3 aromatic rings. The van der Waals surface area contributed by atoms with Gasteiger partial charge in [0.25, 0.3) is 5.69 Å². The molecular formula is C21H17FN2O5S. The lowest BCUT2D eigenvalue weighted by Gasteiger charge is -2.34. The summed E-state index contributed by atoms with van der Waals surface area (Å²) in [5.74, 6) is -0.424. The second-order valence-electron chi connectivity index (χ2n) is 6.86. The maximum atomic E-state index is 14.0. The molecule has 1 aliphatic rings. The van der Waals surface area contributed by atoms with Crippen molar-refractivity contribution < 1.29 is 22.5 Å². The number of sulfonamides is 1. The van der Waals surface area contributed by atoms with Gasteiger partial charge >= 0.3 is 0 Å². The minimum absolute atomic E-state index is 0.0460. The van der Waals surface area contributed by atoms with E-state index >= 15 is 0 Å². The molecule has 3 aromatic carbocycles. The first-order chi connectivity index (χ1) is 14.3. The molecule has 0 bridgehead atoms. The van der Waals surface area contributed by atoms with Crippen LogP contribution >= 0.6 is 0 Å². The third-order valence-corrected chi connectivity index (χ3v) is 6.46. The van der Waals surface area contributed by atoms with Crippen molar-refractivity contribution in [2.24, 2.45) is 0 Å². The van der Waals surface area contributed by atoms with E-state index in [1.54, 1.807) is 0 Å². The minimum atomic E-state index is -4.00. The van der Waals surface area contributed by atoms with Crippen LogP contribution in [0.3, 0.4) is 0 Å². The van der Waals surface area contributed by atoms with Gasteiger partial charge in [-0.1, -0.05) is 30.3 Å². The van der Waals surface area contributed by atoms with Crippen LogP contribution in [0.25, 0.3) is 0 Å². The molecule has 0 unspecified atom stereocenters. The lowest BCUT2D eigenvalue weighted by Crippen LogP contribution is -2.45. The average molecular weight is 428 g/mol. The monoisotopic (exact) mass is 428 g/mol. The van der Waals surface area contributed by atoms with Gasteiger partial charge in [0.1, 0.15) is 18.2 Å². The van der Waals surface area contributed by atoms with Gasteiger partial charge in [0.2, 0.25) is 10.0 Å². The van der Waals surface area contributed by atoms with E-state index in [0.29, 0.717) is 11.3 Å². The summed E-state index contributed by atoms with van der Waals surface area (Å²) in [7, 11) is -4.00. The number of benzene rings is 3. The van der Waals surface area contributed by atoms with Gasteiger partial charge in [-0.05, 0) is 35.9 Å². The number of rotatable bonds is 5. The standard InChI is InChI=1S/C21H17FN2O5S/c22-15-6-11-20-18(12-15)21(14-4-2-1-3-5-14)19(13-29-20)23-30(27,28)17-9-7-16(8-10-17)24(25)26/h1-12,19,21,23H,13H2/t19-,21-/m1/s1. The van der Waals surface area contributed by atoms with Crippen LogP contribution in [0.5, 0.6) is 5.75 Å². The number of ether oxygens (including phenoxy) is 1. The van der Waals surface area contributed by atoms with Gasteiger partial charge in [0.15, 0.2) is 0 Å². The summed E-state index contributed by atoms with van der Waals surface area (Å²) >= 11 is 0. The molecule has 7 nitrogen and oxygen atoms in total. The Morgan fingerprint density at radius 3 is 2.40 bits per heavy atom. The summed E-state index contributed by atoms with van der Waals surface area (Å²) in [4.78, 5) is 10.1. The molecule has 0 aromatic heterocycles. The highest BCUT2D eigenvalue weighted by Crippen LogP contribution is 2.39. The second-order valence-corrected chi connectivity index (χ2v) is 8.57. The van der Waals surface area contributed by atoms with Crippen LogP contribution in [-0.2, 0) is 10.0 Å². The van der Waals surface area contributed by atoms with E-state index in [9.17, 15) is 22.9 Å². The van der Waals surface area contributed by atoms with E-state index in [1.807, 2.05) is 30.3 Å². The maximum Gasteiger partial charge on any atom is 0.269 e. The number of fused-ring (bicyclic) bond motifs is 1. The molecular weight excluding hydrogens is 411 g/mol. The molecule has 0 amide bonds. The van der Waals surface area contributed by atoms with Crippen LogP contribution in [0.1, 0.15) is 17.0 Å². The molecule has 1 aliphatic heterocycles. The number of halogens is 1. The predicted octanol–water partition coefficient (Wildman–Crippen LogP) is 3.61. The van der Waals surface area contributed by atoms with E-state index in [1.165, 1.54) is 30.3 Å². The smallest absolute Gasteiger partial charge is 0.269 e. The van der Waals surface area contributed by atoms with E-state index in [4.69, 9.17) is 4.74 Å². The van der Waals surface area contributed by atoms with Gasteiger partial charge < -0.3 is 4.74 Å². The third-order valence-electron chi connectivity index (χ3n) is 4.95. The number of nitro groups is 1. The van der Waals surface area contributed by atoms with E-state index in [-0.39, 0.29) is 17.2 Å². The molecule has 1 heterocycles. The van der Waals surface area contributed by atoms with Crippen molar-refractivity contribution in [3.8, 4) is 5.75 Å². The Kier molecular flexibility index (Phi) is 5.23. The highest BCUT2D eigenvalue weighted by Gasteiger charge is 2.35. The van der Waals surface area contributed by atoms with Gasteiger partial charge in [0.05, 0.1) is 15.9 Å². The van der Waals surface area contributed by atoms with E-state index < -0.39 is 32.7 Å². The fourth-order valence-electron chi connectivity index (χ4n) is 3.57. The molecule has 9 heteroatoms. The Morgan fingerprint density at radius 2 is 1.73 bits per heavy atom. The molecule has 1 N–H and O–H groups in total. The lowest BCUT2D eigenvalue weighted by atomic mass is 9.83. The van der Waals surface area contributed by atoms with Crippen LogP contribution in [0.15, 0.2) is 77.7 Å². The molecule has 154 valence electrons. The first kappa shape index (κ1) is 20.0. The Hall–Kier alpha value is -3.30. The minimum Gasteiger partial charge on any atom is -0.492 e. The van der Waals surface area contributed by atoms with Crippen molar-refractivity contribution in [1.82, 2.24) is 4.72 Å². The number of nitrogens with one attached hydrogen (secondary N) is 1. The number of non-ortho nitro benzene ring substituents is 1. The summed E-state index contributed by atoms with van der Waals surface area (Å²) in [5, 5.41) is 10.8. The summed E-state index contributed by atoms with van der Waals surface area (Å²) in [6, 6.07) is 17.3. The van der Waals surface area contributed by atoms with Crippen LogP contribution in [0.2, 0.25) is 0 Å². The van der Waals surface area contributed by atoms with Crippen molar-refractivity contribution in [1.29, 1.82) is 0 Å². The molecule has 0 aliphatic carbocycles. The third kappa shape index (κ3) is 3.89.